The minimum atomic E-state index is -1.23. The summed E-state index contributed by atoms with van der Waals surface area (Å²) in [5, 5.41) is 17.1. The Morgan fingerprint density at radius 3 is 2.41 bits per heavy atom. The van der Waals surface area contributed by atoms with Gasteiger partial charge >= 0.3 is 0 Å². The number of rotatable bonds is 5. The number of quaternary nitrogens is 1. The molecule has 3 aromatic carbocycles. The molecule has 27 heavy (non-hydrogen) atoms. The van der Waals surface area contributed by atoms with Crippen molar-refractivity contribution in [3.63, 3.8) is 0 Å². The Morgan fingerprint density at radius 1 is 1.07 bits per heavy atom. The zero-order valence-corrected chi connectivity index (χ0v) is 15.6. The summed E-state index contributed by atoms with van der Waals surface area (Å²) >= 11 is 0. The van der Waals surface area contributed by atoms with Gasteiger partial charge in [0, 0.05) is 11.1 Å². The monoisotopic (exact) mass is 364 g/mol. The molecule has 5 heteroatoms. The highest BCUT2D eigenvalue weighted by Gasteiger charge is 2.00. The van der Waals surface area contributed by atoms with Crippen LogP contribution in [0.4, 0.5) is 0 Å². The van der Waals surface area contributed by atoms with Gasteiger partial charge in [0.1, 0.15) is 6.61 Å². The van der Waals surface area contributed by atoms with Gasteiger partial charge < -0.3 is 20.5 Å². The highest BCUT2D eigenvalue weighted by Crippen LogP contribution is 2.16. The van der Waals surface area contributed by atoms with E-state index >= 15 is 0 Å². The number of carbonyl (C=O) groups excluding carboxylic acids is 1. The molecule has 0 spiro atoms. The van der Waals surface area contributed by atoms with Crippen molar-refractivity contribution in [2.24, 2.45) is 5.16 Å². The van der Waals surface area contributed by atoms with E-state index in [4.69, 9.17) is 4.84 Å². The standard InChI is InChI=1S/C19H15NO3.C3H9N/c21-19(22)18-8-4-3-7-17(18)12-20-23-13-14-9-10-15-5-1-2-6-16(15)11-14;1-3(2)4/h1-12H,13H2,(H,21,22);3H,4H2,1-2H3/b20-12+;. The maximum Gasteiger partial charge on any atom is 0.142 e. The number of aromatic carboxylic acids is 1. The molecule has 0 aliphatic carbocycles. The summed E-state index contributed by atoms with van der Waals surface area (Å²) in [6.45, 7) is 4.43. The Hall–Kier alpha value is -3.18. The molecule has 0 bridgehead atoms. The van der Waals surface area contributed by atoms with Gasteiger partial charge in [-0.1, -0.05) is 65.8 Å². The molecule has 0 amide bonds. The van der Waals surface area contributed by atoms with Crippen molar-refractivity contribution in [1.29, 1.82) is 0 Å². The molecular weight excluding hydrogens is 340 g/mol. The third-order valence-corrected chi connectivity index (χ3v) is 3.49. The second-order valence-electron chi connectivity index (χ2n) is 6.46. The SMILES string of the molecule is CC(C)[NH3+].O=C([O-])c1ccccc1/C=N/OCc1ccc2ccccc2c1. The second-order valence-corrected chi connectivity index (χ2v) is 6.46. The summed E-state index contributed by atoms with van der Waals surface area (Å²) in [5.74, 6) is -1.23. The van der Waals surface area contributed by atoms with Crippen molar-refractivity contribution in [1.82, 2.24) is 0 Å². The minimum Gasteiger partial charge on any atom is -0.545 e. The topological polar surface area (TPSA) is 89.4 Å². The Bertz CT molecular complexity index is 917. The van der Waals surface area contributed by atoms with Gasteiger partial charge in [0.05, 0.1) is 18.2 Å². The van der Waals surface area contributed by atoms with E-state index in [1.54, 1.807) is 18.2 Å². The van der Waals surface area contributed by atoms with Crippen LogP contribution in [-0.2, 0) is 11.4 Å². The van der Waals surface area contributed by atoms with E-state index in [-0.39, 0.29) is 5.56 Å². The Labute approximate surface area is 159 Å². The quantitative estimate of drug-likeness (QED) is 0.557. The fourth-order valence-corrected chi connectivity index (χ4v) is 2.33. The molecule has 0 aliphatic heterocycles. The number of nitrogens with zero attached hydrogens (tertiary/aromatic N) is 1. The van der Waals surface area contributed by atoms with Gasteiger partial charge in [-0.25, -0.2) is 0 Å². The lowest BCUT2D eigenvalue weighted by Gasteiger charge is -2.06. The average Bonchev–Trinajstić information content (AvgIpc) is 2.65. The van der Waals surface area contributed by atoms with Gasteiger partial charge in [0.25, 0.3) is 0 Å². The lowest BCUT2D eigenvalue weighted by atomic mass is 10.1. The molecule has 0 aromatic heterocycles. The molecule has 3 N–H and O–H groups in total. The largest absolute Gasteiger partial charge is 0.545 e. The zero-order chi connectivity index (χ0) is 19.6. The Balaban J connectivity index is 0.000000596. The third kappa shape index (κ3) is 6.56. The third-order valence-electron chi connectivity index (χ3n) is 3.49. The van der Waals surface area contributed by atoms with Crippen LogP contribution in [0.3, 0.4) is 0 Å². The van der Waals surface area contributed by atoms with Crippen molar-refractivity contribution in [2.45, 2.75) is 26.5 Å². The number of fused-ring (bicyclic) bond motifs is 1. The predicted octanol–water partition coefficient (Wildman–Crippen LogP) is 2.39. The van der Waals surface area contributed by atoms with Crippen LogP contribution in [-0.4, -0.2) is 18.2 Å². The number of carboxylic acid groups (broad SMARTS) is 1. The van der Waals surface area contributed by atoms with Crippen molar-refractivity contribution in [2.75, 3.05) is 0 Å². The predicted molar refractivity (Wildman–Crippen MR) is 105 cm³/mol. The van der Waals surface area contributed by atoms with E-state index in [1.165, 1.54) is 17.7 Å². The van der Waals surface area contributed by atoms with Crippen LogP contribution in [0.5, 0.6) is 0 Å². The first-order chi connectivity index (χ1) is 13.0. The molecule has 0 heterocycles. The molecule has 0 radical (unpaired) electrons. The van der Waals surface area contributed by atoms with Crippen LogP contribution in [0.1, 0.15) is 35.3 Å². The lowest BCUT2D eigenvalue weighted by Crippen LogP contribution is -2.57. The smallest absolute Gasteiger partial charge is 0.142 e. The van der Waals surface area contributed by atoms with Crippen molar-refractivity contribution >= 4 is 23.0 Å². The Kier molecular flexibility index (Phi) is 7.52. The van der Waals surface area contributed by atoms with Crippen LogP contribution in [0.2, 0.25) is 0 Å². The van der Waals surface area contributed by atoms with Gasteiger partial charge in [0.15, 0.2) is 0 Å². The molecule has 3 rings (SSSR count). The fraction of sp³-hybridized carbons (Fsp3) is 0.182. The van der Waals surface area contributed by atoms with Gasteiger partial charge in [0.2, 0.25) is 0 Å². The number of carbonyl (C=O) groups is 1. The Morgan fingerprint density at radius 2 is 1.70 bits per heavy atom. The van der Waals surface area contributed by atoms with E-state index in [2.05, 4.69) is 30.8 Å². The molecule has 140 valence electrons. The molecule has 0 fully saturated rings. The molecule has 0 aliphatic rings. The average molecular weight is 364 g/mol. The highest BCUT2D eigenvalue weighted by atomic mass is 16.6. The molecule has 3 aromatic rings. The summed E-state index contributed by atoms with van der Waals surface area (Å²) in [6, 6.07) is 21.2. The lowest BCUT2D eigenvalue weighted by molar-refractivity contribution is -0.407. The first-order valence-electron chi connectivity index (χ1n) is 8.74. The van der Waals surface area contributed by atoms with E-state index < -0.39 is 5.97 Å². The molecule has 0 unspecified atom stereocenters. The van der Waals surface area contributed by atoms with Gasteiger partial charge in [-0.05, 0) is 36.2 Å². The number of benzene rings is 3. The molecule has 0 saturated heterocycles. The number of oxime groups is 1. The molecule has 5 nitrogen and oxygen atoms in total. The van der Waals surface area contributed by atoms with E-state index in [0.29, 0.717) is 18.2 Å². The molecule has 0 saturated carbocycles. The summed E-state index contributed by atoms with van der Waals surface area (Å²) in [6.07, 6.45) is 1.38. The first-order valence-corrected chi connectivity index (χ1v) is 8.74. The van der Waals surface area contributed by atoms with Crippen molar-refractivity contribution in [3.05, 3.63) is 83.4 Å². The number of hydrogen-bond acceptors (Lipinski definition) is 4. The fourth-order valence-electron chi connectivity index (χ4n) is 2.33. The minimum absolute atomic E-state index is 0.0885. The van der Waals surface area contributed by atoms with E-state index in [1.807, 2.05) is 36.4 Å². The maximum atomic E-state index is 11.0. The normalized spacial score (nSPS) is 10.7. The summed E-state index contributed by atoms with van der Waals surface area (Å²) in [4.78, 5) is 16.3. The summed E-state index contributed by atoms with van der Waals surface area (Å²) in [7, 11) is 0. The van der Waals surface area contributed by atoms with Gasteiger partial charge in [-0.2, -0.15) is 0 Å². The summed E-state index contributed by atoms with van der Waals surface area (Å²) in [5.41, 5.74) is 5.17. The summed E-state index contributed by atoms with van der Waals surface area (Å²) < 4.78 is 0. The number of carboxylic acids is 1. The second kappa shape index (κ2) is 10.1. The van der Waals surface area contributed by atoms with Crippen LogP contribution >= 0.6 is 0 Å². The maximum absolute atomic E-state index is 11.0. The van der Waals surface area contributed by atoms with Crippen LogP contribution < -0.4 is 10.8 Å². The van der Waals surface area contributed by atoms with Crippen molar-refractivity contribution < 1.29 is 20.5 Å². The highest BCUT2D eigenvalue weighted by molar-refractivity contribution is 5.97. The van der Waals surface area contributed by atoms with Gasteiger partial charge in [-0.3, -0.25) is 0 Å². The van der Waals surface area contributed by atoms with E-state index in [0.717, 1.165) is 10.9 Å². The molecular formula is C22H24N2O3. The van der Waals surface area contributed by atoms with Crippen LogP contribution in [0.25, 0.3) is 10.8 Å². The van der Waals surface area contributed by atoms with Crippen LogP contribution in [0, 0.1) is 0 Å². The van der Waals surface area contributed by atoms with E-state index in [9.17, 15) is 9.90 Å². The number of hydrogen-bond donors (Lipinski definition) is 1. The molecule has 0 atom stereocenters. The first kappa shape index (κ1) is 20.1. The van der Waals surface area contributed by atoms with Crippen LogP contribution in [0.15, 0.2) is 71.9 Å². The van der Waals surface area contributed by atoms with Crippen molar-refractivity contribution in [3.8, 4) is 0 Å². The zero-order valence-electron chi connectivity index (χ0n) is 15.6. The van der Waals surface area contributed by atoms with Gasteiger partial charge in [-0.15, -0.1) is 0 Å².